The van der Waals surface area contributed by atoms with Crippen LogP contribution in [-0.2, 0) is 6.54 Å². The molecule has 0 spiro atoms. The van der Waals surface area contributed by atoms with E-state index in [0.717, 1.165) is 13.1 Å². The van der Waals surface area contributed by atoms with Crippen LogP contribution in [0.1, 0.15) is 12.5 Å². The van der Waals surface area contributed by atoms with E-state index in [1.165, 1.54) is 27.5 Å². The second kappa shape index (κ2) is 5.89. The third kappa shape index (κ3) is 2.73. The lowest BCUT2D eigenvalue weighted by Gasteiger charge is -2.07. The number of rotatable bonds is 4. The Morgan fingerprint density at radius 2 is 1.55 bits per heavy atom. The van der Waals surface area contributed by atoms with Crippen molar-refractivity contribution in [2.24, 2.45) is 0 Å². The number of fused-ring (bicyclic) bond motifs is 1. The van der Waals surface area contributed by atoms with Crippen LogP contribution in [0.2, 0.25) is 0 Å². The molecule has 0 saturated carbocycles. The molecule has 0 amide bonds. The van der Waals surface area contributed by atoms with Crippen molar-refractivity contribution in [1.82, 2.24) is 5.32 Å². The highest BCUT2D eigenvalue weighted by molar-refractivity contribution is 5.87. The summed E-state index contributed by atoms with van der Waals surface area (Å²) in [6.45, 7) is 4.06. The Labute approximate surface area is 120 Å². The molecule has 0 unspecified atom stereocenters. The maximum absolute atomic E-state index is 3.37. The summed E-state index contributed by atoms with van der Waals surface area (Å²) in [4.78, 5) is 0. The summed E-state index contributed by atoms with van der Waals surface area (Å²) in [7, 11) is 0. The molecule has 20 heavy (non-hydrogen) atoms. The van der Waals surface area contributed by atoms with E-state index in [-0.39, 0.29) is 0 Å². The van der Waals surface area contributed by atoms with Crippen LogP contribution in [0.3, 0.4) is 0 Å². The van der Waals surface area contributed by atoms with Gasteiger partial charge in [0.1, 0.15) is 0 Å². The van der Waals surface area contributed by atoms with E-state index in [9.17, 15) is 0 Å². The molecule has 0 aromatic heterocycles. The standard InChI is InChI=1S/C19H19N/c1-2-20-14-15-6-5-9-17(12-15)19-11-10-16-7-3-4-8-18(16)13-19/h3-13,20H,2,14H2,1H3. The third-order valence-corrected chi connectivity index (χ3v) is 3.59. The van der Waals surface area contributed by atoms with Gasteiger partial charge < -0.3 is 5.32 Å². The van der Waals surface area contributed by atoms with E-state index in [1.54, 1.807) is 0 Å². The second-order valence-electron chi connectivity index (χ2n) is 5.04. The second-order valence-corrected chi connectivity index (χ2v) is 5.04. The molecule has 0 radical (unpaired) electrons. The average Bonchev–Trinajstić information content (AvgIpc) is 2.53. The molecule has 0 fully saturated rings. The van der Waals surface area contributed by atoms with Crippen molar-refractivity contribution in [2.45, 2.75) is 13.5 Å². The van der Waals surface area contributed by atoms with E-state index < -0.39 is 0 Å². The van der Waals surface area contributed by atoms with Gasteiger partial charge in [-0.1, -0.05) is 61.5 Å². The van der Waals surface area contributed by atoms with Crippen LogP contribution < -0.4 is 5.32 Å². The van der Waals surface area contributed by atoms with Gasteiger partial charge in [0.05, 0.1) is 0 Å². The SMILES string of the molecule is CCNCc1cccc(-c2ccc3ccccc3c2)c1. The number of hydrogen-bond donors (Lipinski definition) is 1. The van der Waals surface area contributed by atoms with Gasteiger partial charge in [-0.25, -0.2) is 0 Å². The van der Waals surface area contributed by atoms with E-state index in [0.29, 0.717) is 0 Å². The van der Waals surface area contributed by atoms with Gasteiger partial charge in [0.2, 0.25) is 0 Å². The van der Waals surface area contributed by atoms with Crippen molar-refractivity contribution in [1.29, 1.82) is 0 Å². The molecule has 0 atom stereocenters. The van der Waals surface area contributed by atoms with Crippen LogP contribution in [-0.4, -0.2) is 6.54 Å². The van der Waals surface area contributed by atoms with Crippen molar-refractivity contribution >= 4 is 10.8 Å². The monoisotopic (exact) mass is 261 g/mol. The fourth-order valence-electron chi connectivity index (χ4n) is 2.50. The van der Waals surface area contributed by atoms with Crippen LogP contribution in [0.5, 0.6) is 0 Å². The molecule has 3 aromatic rings. The first-order valence-electron chi connectivity index (χ1n) is 7.15. The van der Waals surface area contributed by atoms with Gasteiger partial charge in [0.15, 0.2) is 0 Å². The van der Waals surface area contributed by atoms with Crippen LogP contribution in [0, 0.1) is 0 Å². The molecule has 0 aliphatic carbocycles. The fraction of sp³-hybridized carbons (Fsp3) is 0.158. The van der Waals surface area contributed by atoms with Crippen molar-refractivity contribution in [3.63, 3.8) is 0 Å². The maximum atomic E-state index is 3.37. The maximum Gasteiger partial charge on any atom is 0.0205 e. The molecular formula is C19H19N. The lowest BCUT2D eigenvalue weighted by molar-refractivity contribution is 0.727. The number of hydrogen-bond acceptors (Lipinski definition) is 1. The molecule has 1 nitrogen and oxygen atoms in total. The minimum atomic E-state index is 0.928. The number of benzene rings is 3. The van der Waals surface area contributed by atoms with Gasteiger partial charge >= 0.3 is 0 Å². The fourth-order valence-corrected chi connectivity index (χ4v) is 2.50. The topological polar surface area (TPSA) is 12.0 Å². The highest BCUT2D eigenvalue weighted by Crippen LogP contribution is 2.25. The molecule has 0 heterocycles. The summed E-state index contributed by atoms with van der Waals surface area (Å²) in [6, 6.07) is 23.9. The van der Waals surface area contributed by atoms with Crippen molar-refractivity contribution < 1.29 is 0 Å². The van der Waals surface area contributed by atoms with Gasteiger partial charge in [-0.3, -0.25) is 0 Å². The summed E-state index contributed by atoms with van der Waals surface area (Å²) in [5, 5.41) is 5.96. The van der Waals surface area contributed by atoms with E-state index >= 15 is 0 Å². The van der Waals surface area contributed by atoms with Crippen molar-refractivity contribution in [3.05, 3.63) is 72.3 Å². The molecule has 0 bridgehead atoms. The summed E-state index contributed by atoms with van der Waals surface area (Å²) >= 11 is 0. The minimum absolute atomic E-state index is 0.928. The highest BCUT2D eigenvalue weighted by atomic mass is 14.8. The van der Waals surface area contributed by atoms with Crippen LogP contribution in [0.25, 0.3) is 21.9 Å². The van der Waals surface area contributed by atoms with E-state index in [2.05, 4.69) is 79.0 Å². The van der Waals surface area contributed by atoms with Gasteiger partial charge in [-0.2, -0.15) is 0 Å². The zero-order valence-corrected chi connectivity index (χ0v) is 11.8. The lowest BCUT2D eigenvalue weighted by atomic mass is 10.00. The first-order chi connectivity index (χ1) is 9.86. The van der Waals surface area contributed by atoms with E-state index in [1.807, 2.05) is 0 Å². The van der Waals surface area contributed by atoms with Crippen molar-refractivity contribution in [3.8, 4) is 11.1 Å². The Balaban J connectivity index is 1.97. The zero-order chi connectivity index (χ0) is 13.8. The predicted octanol–water partition coefficient (Wildman–Crippen LogP) is 4.62. The summed E-state index contributed by atoms with van der Waals surface area (Å²) in [6.07, 6.45) is 0. The van der Waals surface area contributed by atoms with Crippen LogP contribution in [0.4, 0.5) is 0 Å². The summed E-state index contributed by atoms with van der Waals surface area (Å²) in [5.41, 5.74) is 3.89. The summed E-state index contributed by atoms with van der Waals surface area (Å²) < 4.78 is 0. The molecule has 0 aliphatic rings. The van der Waals surface area contributed by atoms with Gasteiger partial charge in [-0.05, 0) is 46.1 Å². The first-order valence-corrected chi connectivity index (χ1v) is 7.15. The van der Waals surface area contributed by atoms with Gasteiger partial charge in [0, 0.05) is 6.54 Å². The van der Waals surface area contributed by atoms with Crippen LogP contribution in [0.15, 0.2) is 66.7 Å². The Morgan fingerprint density at radius 3 is 2.40 bits per heavy atom. The molecule has 1 heteroatoms. The predicted molar refractivity (Wildman–Crippen MR) is 86.8 cm³/mol. The minimum Gasteiger partial charge on any atom is -0.313 e. The zero-order valence-electron chi connectivity index (χ0n) is 11.8. The Hall–Kier alpha value is -2.12. The lowest BCUT2D eigenvalue weighted by Crippen LogP contribution is -2.11. The third-order valence-electron chi connectivity index (χ3n) is 3.59. The van der Waals surface area contributed by atoms with Gasteiger partial charge in [0.25, 0.3) is 0 Å². The Morgan fingerprint density at radius 1 is 0.750 bits per heavy atom. The number of nitrogens with one attached hydrogen (secondary N) is 1. The van der Waals surface area contributed by atoms with Crippen molar-refractivity contribution in [2.75, 3.05) is 6.54 Å². The molecular weight excluding hydrogens is 242 g/mol. The molecule has 3 rings (SSSR count). The smallest absolute Gasteiger partial charge is 0.0205 e. The largest absolute Gasteiger partial charge is 0.313 e. The first kappa shape index (κ1) is 12.9. The molecule has 1 N–H and O–H groups in total. The van der Waals surface area contributed by atoms with Crippen LogP contribution >= 0.6 is 0 Å². The molecule has 0 aliphatic heterocycles. The quantitative estimate of drug-likeness (QED) is 0.722. The Kier molecular flexibility index (Phi) is 3.80. The average molecular weight is 261 g/mol. The molecule has 100 valence electrons. The Bertz CT molecular complexity index is 716. The molecule has 3 aromatic carbocycles. The molecule has 0 saturated heterocycles. The van der Waals surface area contributed by atoms with E-state index in [4.69, 9.17) is 0 Å². The summed E-state index contributed by atoms with van der Waals surface area (Å²) in [5.74, 6) is 0. The van der Waals surface area contributed by atoms with Gasteiger partial charge in [-0.15, -0.1) is 0 Å². The normalized spacial score (nSPS) is 10.8. The highest BCUT2D eigenvalue weighted by Gasteiger charge is 2.01.